The molecule has 0 N–H and O–H groups in total. The van der Waals surface area contributed by atoms with Gasteiger partial charge in [-0.15, -0.1) is 0 Å². The molecule has 0 aliphatic rings. The molecule has 0 saturated heterocycles. The van der Waals surface area contributed by atoms with Crippen LogP contribution in [0.15, 0.2) is 58.5 Å². The van der Waals surface area contributed by atoms with E-state index in [1.807, 2.05) is 32.0 Å². The molecule has 0 fully saturated rings. The molecule has 3 aromatic rings. The number of Topliss-reactive ketones (excluding diaryl/α,β-unsaturated/α-hetero) is 1. The van der Waals surface area contributed by atoms with Crippen LogP contribution < -0.4 is 10.3 Å². The first-order valence-electron chi connectivity index (χ1n) is 9.91. The molecule has 158 valence electrons. The van der Waals surface area contributed by atoms with Crippen LogP contribution in [0.3, 0.4) is 0 Å². The van der Waals surface area contributed by atoms with E-state index in [0.29, 0.717) is 46.9 Å². The Hall–Kier alpha value is -2.64. The third kappa shape index (κ3) is 5.49. The molecule has 2 aromatic carbocycles. The molecule has 0 aliphatic heterocycles. The van der Waals surface area contributed by atoms with Crippen molar-refractivity contribution in [1.29, 1.82) is 0 Å². The normalized spacial score (nSPS) is 11.2. The van der Waals surface area contributed by atoms with E-state index in [-0.39, 0.29) is 23.2 Å². The van der Waals surface area contributed by atoms with Gasteiger partial charge in [0.15, 0.2) is 10.9 Å². The molecule has 7 heteroatoms. The standard InChI is InChI=1S/C23H26N2O4S/c1-16(2)29-14-6-13-25-22(27)19-7-4-5-8-20(19)24-23(25)30-15-21(26)17-9-11-18(28-3)12-10-17/h4-5,7-12,16H,6,13-15H2,1-3H3. The van der Waals surface area contributed by atoms with Crippen LogP contribution in [0, 0.1) is 0 Å². The number of methoxy groups -OCH3 is 1. The minimum absolute atomic E-state index is 0.0280. The molecule has 6 nitrogen and oxygen atoms in total. The van der Waals surface area contributed by atoms with E-state index in [2.05, 4.69) is 4.98 Å². The zero-order valence-corrected chi connectivity index (χ0v) is 18.3. The zero-order chi connectivity index (χ0) is 21.5. The number of thioether (sulfide) groups is 1. The minimum atomic E-state index is -0.0930. The number of ether oxygens (including phenoxy) is 2. The van der Waals surface area contributed by atoms with Crippen molar-refractivity contribution in [2.75, 3.05) is 19.5 Å². The van der Waals surface area contributed by atoms with Crippen LogP contribution in [0.1, 0.15) is 30.6 Å². The second-order valence-corrected chi connectivity index (χ2v) is 8.02. The van der Waals surface area contributed by atoms with Crippen molar-refractivity contribution in [3.63, 3.8) is 0 Å². The van der Waals surface area contributed by atoms with Crippen LogP contribution in [0.5, 0.6) is 5.75 Å². The van der Waals surface area contributed by atoms with E-state index >= 15 is 0 Å². The molecule has 0 radical (unpaired) electrons. The minimum Gasteiger partial charge on any atom is -0.497 e. The lowest BCUT2D eigenvalue weighted by atomic mass is 10.1. The van der Waals surface area contributed by atoms with Crippen molar-refractivity contribution in [1.82, 2.24) is 9.55 Å². The molecule has 0 unspecified atom stereocenters. The molecular formula is C23H26N2O4S. The first-order valence-corrected chi connectivity index (χ1v) is 10.9. The summed E-state index contributed by atoms with van der Waals surface area (Å²) < 4.78 is 12.4. The Labute approximate surface area is 180 Å². The quantitative estimate of drug-likeness (QED) is 0.209. The molecule has 0 saturated carbocycles. The number of hydrogen-bond donors (Lipinski definition) is 0. The third-order valence-electron chi connectivity index (χ3n) is 4.55. The largest absolute Gasteiger partial charge is 0.497 e. The van der Waals surface area contributed by atoms with Crippen molar-refractivity contribution in [2.45, 2.75) is 38.1 Å². The van der Waals surface area contributed by atoms with Gasteiger partial charge in [-0.05, 0) is 56.7 Å². The number of carbonyl (C=O) groups is 1. The topological polar surface area (TPSA) is 70.4 Å². The van der Waals surface area contributed by atoms with Gasteiger partial charge < -0.3 is 9.47 Å². The van der Waals surface area contributed by atoms with Crippen molar-refractivity contribution < 1.29 is 14.3 Å². The maximum Gasteiger partial charge on any atom is 0.262 e. The molecule has 0 spiro atoms. The fourth-order valence-electron chi connectivity index (χ4n) is 2.99. The number of hydrogen-bond acceptors (Lipinski definition) is 6. The molecule has 0 amide bonds. The summed E-state index contributed by atoms with van der Waals surface area (Å²) in [6, 6.07) is 14.3. The molecule has 1 heterocycles. The van der Waals surface area contributed by atoms with Crippen molar-refractivity contribution in [2.24, 2.45) is 0 Å². The van der Waals surface area contributed by atoms with Gasteiger partial charge >= 0.3 is 0 Å². The highest BCUT2D eigenvalue weighted by atomic mass is 32.2. The van der Waals surface area contributed by atoms with Crippen LogP contribution in [-0.4, -0.2) is 40.9 Å². The van der Waals surface area contributed by atoms with Crippen LogP contribution >= 0.6 is 11.8 Å². The fraction of sp³-hybridized carbons (Fsp3) is 0.348. The van der Waals surface area contributed by atoms with Gasteiger partial charge in [0.1, 0.15) is 5.75 Å². The van der Waals surface area contributed by atoms with Crippen LogP contribution in [0.2, 0.25) is 0 Å². The van der Waals surface area contributed by atoms with Crippen molar-refractivity contribution in [3.8, 4) is 5.75 Å². The first kappa shape index (κ1) is 22.1. The number of fused-ring (bicyclic) bond motifs is 1. The first-order chi connectivity index (χ1) is 14.5. The van der Waals surface area contributed by atoms with E-state index < -0.39 is 0 Å². The average molecular weight is 427 g/mol. The van der Waals surface area contributed by atoms with Gasteiger partial charge in [0.25, 0.3) is 5.56 Å². The number of carbonyl (C=O) groups excluding carboxylic acids is 1. The Morgan fingerprint density at radius 3 is 2.57 bits per heavy atom. The van der Waals surface area contributed by atoms with E-state index in [4.69, 9.17) is 9.47 Å². The van der Waals surface area contributed by atoms with Gasteiger partial charge in [0, 0.05) is 18.7 Å². The monoisotopic (exact) mass is 426 g/mol. The smallest absolute Gasteiger partial charge is 0.262 e. The van der Waals surface area contributed by atoms with Gasteiger partial charge in [-0.3, -0.25) is 14.2 Å². The van der Waals surface area contributed by atoms with Gasteiger partial charge in [0.05, 0.1) is 29.9 Å². The predicted molar refractivity (Wildman–Crippen MR) is 120 cm³/mol. The highest BCUT2D eigenvalue weighted by molar-refractivity contribution is 7.99. The lowest BCUT2D eigenvalue weighted by molar-refractivity contribution is 0.0743. The van der Waals surface area contributed by atoms with Gasteiger partial charge in [0.2, 0.25) is 0 Å². The number of aromatic nitrogens is 2. The number of nitrogens with zero attached hydrogens (tertiary/aromatic N) is 2. The van der Waals surface area contributed by atoms with Crippen molar-refractivity contribution >= 4 is 28.4 Å². The molecule has 0 aliphatic carbocycles. The number of benzene rings is 2. The fourth-order valence-corrected chi connectivity index (χ4v) is 3.91. The zero-order valence-electron chi connectivity index (χ0n) is 17.5. The molecule has 0 atom stereocenters. The SMILES string of the molecule is COc1ccc(C(=O)CSc2nc3ccccc3c(=O)n2CCCOC(C)C)cc1. The summed E-state index contributed by atoms with van der Waals surface area (Å²) in [5.41, 5.74) is 1.14. The van der Waals surface area contributed by atoms with Crippen LogP contribution in [0.4, 0.5) is 0 Å². The summed E-state index contributed by atoms with van der Waals surface area (Å²) in [7, 11) is 1.59. The van der Waals surface area contributed by atoms with Crippen LogP contribution in [0.25, 0.3) is 10.9 Å². The molecule has 30 heavy (non-hydrogen) atoms. The van der Waals surface area contributed by atoms with Gasteiger partial charge in [-0.2, -0.15) is 0 Å². The molecular weight excluding hydrogens is 400 g/mol. The highest BCUT2D eigenvalue weighted by Crippen LogP contribution is 2.20. The lowest BCUT2D eigenvalue weighted by Gasteiger charge is -2.14. The van der Waals surface area contributed by atoms with E-state index in [0.717, 1.165) is 0 Å². The molecule has 0 bridgehead atoms. The summed E-state index contributed by atoms with van der Waals surface area (Å²) in [4.78, 5) is 30.3. The Morgan fingerprint density at radius 2 is 1.87 bits per heavy atom. The summed E-state index contributed by atoms with van der Waals surface area (Å²) >= 11 is 1.28. The Morgan fingerprint density at radius 1 is 1.13 bits per heavy atom. The van der Waals surface area contributed by atoms with Gasteiger partial charge in [-0.25, -0.2) is 4.98 Å². The van der Waals surface area contributed by atoms with Crippen molar-refractivity contribution in [3.05, 3.63) is 64.4 Å². The van der Waals surface area contributed by atoms with E-state index in [9.17, 15) is 9.59 Å². The van der Waals surface area contributed by atoms with Gasteiger partial charge in [-0.1, -0.05) is 23.9 Å². The molecule has 3 rings (SSSR count). The van der Waals surface area contributed by atoms with E-state index in [1.54, 1.807) is 42.0 Å². The third-order valence-corrected chi connectivity index (χ3v) is 5.52. The lowest BCUT2D eigenvalue weighted by Crippen LogP contribution is -2.24. The Kier molecular flexibility index (Phi) is 7.65. The molecule has 1 aromatic heterocycles. The highest BCUT2D eigenvalue weighted by Gasteiger charge is 2.14. The number of rotatable bonds is 10. The maximum absolute atomic E-state index is 13.0. The maximum atomic E-state index is 13.0. The summed E-state index contributed by atoms with van der Waals surface area (Å²) in [6.07, 6.45) is 0.838. The second kappa shape index (κ2) is 10.4. The van der Waals surface area contributed by atoms with E-state index in [1.165, 1.54) is 11.8 Å². The Balaban J connectivity index is 1.80. The number of para-hydroxylation sites is 1. The van der Waals surface area contributed by atoms with Crippen LogP contribution in [-0.2, 0) is 11.3 Å². The average Bonchev–Trinajstić information content (AvgIpc) is 2.76. The summed E-state index contributed by atoms with van der Waals surface area (Å²) in [5, 5.41) is 1.12. The summed E-state index contributed by atoms with van der Waals surface area (Å²) in [6.45, 7) is 5.01. The predicted octanol–water partition coefficient (Wildman–Crippen LogP) is 4.20. The second-order valence-electron chi connectivity index (χ2n) is 7.08. The number of ketones is 1. The summed E-state index contributed by atoms with van der Waals surface area (Å²) in [5.74, 6) is 0.868. The Bertz CT molecular complexity index is 1060.